The van der Waals surface area contributed by atoms with E-state index in [2.05, 4.69) is 4.98 Å². The maximum absolute atomic E-state index is 10.8. The van der Waals surface area contributed by atoms with Gasteiger partial charge in [-0.3, -0.25) is 4.98 Å². The number of aromatic nitrogens is 1. The second kappa shape index (κ2) is 7.47. The minimum absolute atomic E-state index is 0.606. The summed E-state index contributed by atoms with van der Waals surface area (Å²) in [5, 5.41) is 10.8. The number of aryl methyl sites for hydroxylation is 1. The van der Waals surface area contributed by atoms with Gasteiger partial charge in [0.15, 0.2) is 0 Å². The Kier molecular flexibility index (Phi) is 5.61. The highest BCUT2D eigenvalue weighted by Gasteiger charge is 2.23. The van der Waals surface area contributed by atoms with Crippen LogP contribution in [0.5, 0.6) is 11.5 Å². The Balaban J connectivity index is 2.35. The lowest BCUT2D eigenvalue weighted by molar-refractivity contribution is 0.162. The highest BCUT2D eigenvalue weighted by Crippen LogP contribution is 2.41. The first kappa shape index (κ1) is 17.3. The van der Waals surface area contributed by atoms with Gasteiger partial charge >= 0.3 is 0 Å². The van der Waals surface area contributed by atoms with Gasteiger partial charge in [0.25, 0.3) is 0 Å². The summed E-state index contributed by atoms with van der Waals surface area (Å²) in [6, 6.07) is 3.93. The van der Waals surface area contributed by atoms with E-state index in [4.69, 9.17) is 9.47 Å². The number of methoxy groups -OCH3 is 2. The molecule has 0 saturated heterocycles. The Morgan fingerprint density at radius 1 is 1.04 bits per heavy atom. The minimum Gasteiger partial charge on any atom is -0.496 e. The van der Waals surface area contributed by atoms with Crippen molar-refractivity contribution in [2.24, 2.45) is 0 Å². The van der Waals surface area contributed by atoms with Crippen LogP contribution in [0, 0.1) is 20.8 Å². The van der Waals surface area contributed by atoms with Crippen LogP contribution in [0.15, 0.2) is 24.5 Å². The zero-order chi connectivity index (χ0) is 17.0. The number of hydrogen-bond donors (Lipinski definition) is 1. The summed E-state index contributed by atoms with van der Waals surface area (Å²) in [5.41, 5.74) is 4.91. The molecule has 0 spiro atoms. The largest absolute Gasteiger partial charge is 0.496 e. The van der Waals surface area contributed by atoms with Crippen LogP contribution in [0.4, 0.5) is 0 Å². The molecule has 0 amide bonds. The van der Waals surface area contributed by atoms with Gasteiger partial charge in [-0.25, -0.2) is 0 Å². The predicted molar refractivity (Wildman–Crippen MR) is 91.3 cm³/mol. The molecule has 1 aromatic carbocycles. The molecule has 0 bridgehead atoms. The van der Waals surface area contributed by atoms with Gasteiger partial charge in [0.1, 0.15) is 11.5 Å². The summed E-state index contributed by atoms with van der Waals surface area (Å²) < 4.78 is 11.1. The van der Waals surface area contributed by atoms with Gasteiger partial charge in [-0.1, -0.05) is 6.07 Å². The molecule has 1 atom stereocenters. The number of ether oxygens (including phenoxy) is 2. The molecule has 0 aliphatic carbocycles. The number of benzene rings is 1. The molecule has 1 unspecified atom stereocenters. The molecule has 1 N–H and O–H groups in total. The Labute approximate surface area is 138 Å². The van der Waals surface area contributed by atoms with Crippen LogP contribution < -0.4 is 9.47 Å². The molecule has 4 heteroatoms. The van der Waals surface area contributed by atoms with Crippen LogP contribution in [0.1, 0.15) is 40.3 Å². The highest BCUT2D eigenvalue weighted by molar-refractivity contribution is 5.58. The second-order valence-electron chi connectivity index (χ2n) is 5.77. The van der Waals surface area contributed by atoms with E-state index in [0.717, 1.165) is 45.7 Å². The van der Waals surface area contributed by atoms with Crippen molar-refractivity contribution in [3.63, 3.8) is 0 Å². The van der Waals surface area contributed by atoms with Crippen molar-refractivity contribution < 1.29 is 14.6 Å². The van der Waals surface area contributed by atoms with Gasteiger partial charge in [0, 0.05) is 23.5 Å². The van der Waals surface area contributed by atoms with E-state index in [1.54, 1.807) is 20.4 Å². The number of hydrogen-bond acceptors (Lipinski definition) is 4. The maximum atomic E-state index is 10.8. The fourth-order valence-electron chi connectivity index (χ4n) is 3.08. The van der Waals surface area contributed by atoms with Gasteiger partial charge in [-0.15, -0.1) is 0 Å². The third-order valence-corrected chi connectivity index (χ3v) is 4.40. The van der Waals surface area contributed by atoms with E-state index < -0.39 is 6.10 Å². The first-order chi connectivity index (χ1) is 11.0. The summed E-state index contributed by atoms with van der Waals surface area (Å²) in [5.74, 6) is 1.57. The van der Waals surface area contributed by atoms with Crippen molar-refractivity contribution in [3.05, 3.63) is 52.3 Å². The monoisotopic (exact) mass is 315 g/mol. The van der Waals surface area contributed by atoms with E-state index in [1.165, 1.54) is 0 Å². The van der Waals surface area contributed by atoms with Crippen molar-refractivity contribution in [2.45, 2.75) is 39.7 Å². The van der Waals surface area contributed by atoms with Gasteiger partial charge < -0.3 is 14.6 Å². The lowest BCUT2D eigenvalue weighted by Crippen LogP contribution is -2.09. The van der Waals surface area contributed by atoms with E-state index in [1.807, 2.05) is 39.1 Å². The van der Waals surface area contributed by atoms with Crippen LogP contribution >= 0.6 is 0 Å². The Bertz CT molecular complexity index is 668. The molecule has 1 heterocycles. The zero-order valence-electron chi connectivity index (χ0n) is 14.5. The summed E-state index contributed by atoms with van der Waals surface area (Å²) in [6.45, 7) is 5.97. The molecule has 2 rings (SSSR count). The van der Waals surface area contributed by atoms with Crippen molar-refractivity contribution >= 4 is 0 Å². The molecule has 0 saturated carbocycles. The van der Waals surface area contributed by atoms with Crippen molar-refractivity contribution in [1.29, 1.82) is 0 Å². The van der Waals surface area contributed by atoms with Gasteiger partial charge in [0.2, 0.25) is 0 Å². The Hall–Kier alpha value is -2.07. The highest BCUT2D eigenvalue weighted by atomic mass is 16.5. The van der Waals surface area contributed by atoms with Crippen LogP contribution in [-0.4, -0.2) is 24.3 Å². The molecule has 1 aromatic heterocycles. The van der Waals surface area contributed by atoms with Crippen molar-refractivity contribution in [1.82, 2.24) is 4.98 Å². The topological polar surface area (TPSA) is 51.6 Å². The molecule has 0 fully saturated rings. The average Bonchev–Trinajstić information content (AvgIpc) is 2.57. The second-order valence-corrected chi connectivity index (χ2v) is 5.77. The molecule has 2 aromatic rings. The summed E-state index contributed by atoms with van der Waals surface area (Å²) in [6.07, 6.45) is 4.33. The quantitative estimate of drug-likeness (QED) is 0.883. The molecule has 0 aliphatic rings. The van der Waals surface area contributed by atoms with E-state index >= 15 is 0 Å². The van der Waals surface area contributed by atoms with Gasteiger partial charge in [-0.2, -0.15) is 0 Å². The third-order valence-electron chi connectivity index (χ3n) is 4.40. The molecular formula is C19H25NO3. The molecule has 4 nitrogen and oxygen atoms in total. The standard InChI is InChI=1S/C19H25NO3/c1-12-13(2)19(23-5)17(14(3)18(12)22-4)16(21)9-8-15-7-6-10-20-11-15/h6-7,10-11,16,21H,8-9H2,1-5H3. The number of rotatable bonds is 6. The smallest absolute Gasteiger partial charge is 0.128 e. The fourth-order valence-corrected chi connectivity index (χ4v) is 3.08. The summed E-state index contributed by atoms with van der Waals surface area (Å²) in [4.78, 5) is 4.11. The Morgan fingerprint density at radius 2 is 1.70 bits per heavy atom. The van der Waals surface area contributed by atoms with Crippen molar-refractivity contribution in [3.8, 4) is 11.5 Å². The maximum Gasteiger partial charge on any atom is 0.128 e. The number of pyridine rings is 1. The summed E-state index contributed by atoms with van der Waals surface area (Å²) >= 11 is 0. The first-order valence-electron chi connectivity index (χ1n) is 7.79. The van der Waals surface area contributed by atoms with E-state index in [-0.39, 0.29) is 0 Å². The van der Waals surface area contributed by atoms with Crippen LogP contribution in [0.25, 0.3) is 0 Å². The van der Waals surface area contributed by atoms with Crippen LogP contribution in [0.2, 0.25) is 0 Å². The van der Waals surface area contributed by atoms with Crippen molar-refractivity contribution in [2.75, 3.05) is 14.2 Å². The van der Waals surface area contributed by atoms with Gasteiger partial charge in [0.05, 0.1) is 20.3 Å². The lowest BCUT2D eigenvalue weighted by atomic mass is 9.91. The molecule has 124 valence electrons. The number of aliphatic hydroxyl groups is 1. The lowest BCUT2D eigenvalue weighted by Gasteiger charge is -2.23. The first-order valence-corrected chi connectivity index (χ1v) is 7.79. The fraction of sp³-hybridized carbons (Fsp3) is 0.421. The van der Waals surface area contributed by atoms with E-state index in [0.29, 0.717) is 6.42 Å². The predicted octanol–water partition coefficient (Wildman–Crippen LogP) is 3.69. The van der Waals surface area contributed by atoms with Gasteiger partial charge in [-0.05, 0) is 56.4 Å². The van der Waals surface area contributed by atoms with Crippen LogP contribution in [0.3, 0.4) is 0 Å². The average molecular weight is 315 g/mol. The number of nitrogens with zero attached hydrogens (tertiary/aromatic N) is 1. The molecule has 0 aliphatic heterocycles. The van der Waals surface area contributed by atoms with E-state index in [9.17, 15) is 5.11 Å². The zero-order valence-corrected chi connectivity index (χ0v) is 14.5. The SMILES string of the molecule is COc1c(C)c(C)c(OC)c(C(O)CCc2cccnc2)c1C. The molecule has 0 radical (unpaired) electrons. The number of aliphatic hydroxyl groups excluding tert-OH is 1. The minimum atomic E-state index is -0.613. The molecule has 23 heavy (non-hydrogen) atoms. The summed E-state index contributed by atoms with van der Waals surface area (Å²) in [7, 11) is 3.30. The third kappa shape index (κ3) is 3.48. The molecular weight excluding hydrogens is 290 g/mol. The van der Waals surface area contributed by atoms with Crippen LogP contribution in [-0.2, 0) is 6.42 Å². The Morgan fingerprint density at radius 3 is 2.26 bits per heavy atom. The normalized spacial score (nSPS) is 12.1.